The minimum atomic E-state index is -0.0506. The van der Waals surface area contributed by atoms with Crippen LogP contribution < -0.4 is 10.5 Å². The van der Waals surface area contributed by atoms with Crippen LogP contribution in [0.5, 0.6) is 5.75 Å². The van der Waals surface area contributed by atoms with Gasteiger partial charge in [0.05, 0.1) is 0 Å². The molecule has 3 heterocycles. The van der Waals surface area contributed by atoms with E-state index >= 15 is 0 Å². The number of nitrogens with zero attached hydrogens (tertiary/aromatic N) is 3. The molecular weight excluding hydrogens is 288 g/mol. The van der Waals surface area contributed by atoms with Crippen LogP contribution in [0.25, 0.3) is 0 Å². The van der Waals surface area contributed by atoms with Crippen LogP contribution in [-0.2, 0) is 0 Å². The zero-order chi connectivity index (χ0) is 14.7. The summed E-state index contributed by atoms with van der Waals surface area (Å²) in [5.41, 5.74) is 6.00. The first kappa shape index (κ1) is 13.8. The van der Waals surface area contributed by atoms with Gasteiger partial charge in [-0.05, 0) is 12.1 Å². The van der Waals surface area contributed by atoms with Crippen LogP contribution in [0.3, 0.4) is 0 Å². The molecule has 3 rings (SSSR count). The van der Waals surface area contributed by atoms with E-state index in [1.54, 1.807) is 22.7 Å². The van der Waals surface area contributed by atoms with Crippen molar-refractivity contribution < 1.29 is 9.53 Å². The smallest absolute Gasteiger partial charge is 0.273 e. The Morgan fingerprint density at radius 2 is 2.05 bits per heavy atom. The van der Waals surface area contributed by atoms with Crippen LogP contribution in [0.15, 0.2) is 29.9 Å². The second-order valence-electron chi connectivity index (χ2n) is 4.86. The second kappa shape index (κ2) is 6.09. The quantitative estimate of drug-likeness (QED) is 0.935. The number of amides is 1. The number of pyridine rings is 1. The van der Waals surface area contributed by atoms with Crippen molar-refractivity contribution in [1.29, 1.82) is 0 Å². The molecule has 0 saturated carbocycles. The van der Waals surface area contributed by atoms with Crippen molar-refractivity contribution in [2.75, 3.05) is 18.8 Å². The van der Waals surface area contributed by atoms with E-state index < -0.39 is 0 Å². The number of ether oxygens (including phenoxy) is 1. The van der Waals surface area contributed by atoms with E-state index in [9.17, 15) is 4.79 Å². The summed E-state index contributed by atoms with van der Waals surface area (Å²) in [4.78, 5) is 22.0. The lowest BCUT2D eigenvalue weighted by atomic mass is 10.1. The number of hydrogen-bond donors (Lipinski definition) is 1. The van der Waals surface area contributed by atoms with Crippen LogP contribution in [-0.4, -0.2) is 40.0 Å². The lowest BCUT2D eigenvalue weighted by molar-refractivity contribution is 0.0591. The van der Waals surface area contributed by atoms with Crippen LogP contribution >= 0.6 is 11.3 Å². The van der Waals surface area contributed by atoms with Crippen molar-refractivity contribution in [2.45, 2.75) is 18.9 Å². The molecule has 0 aromatic carbocycles. The largest absolute Gasteiger partial charge is 0.490 e. The molecule has 2 aromatic heterocycles. The van der Waals surface area contributed by atoms with E-state index in [0.717, 1.165) is 18.6 Å². The standard InChI is InChI=1S/C14H16N4O2S/c15-14-17-12(9-21-14)13(19)18-7-3-11(4-8-18)20-10-1-5-16-6-2-10/h1-2,5-6,9,11H,3-4,7-8H2,(H2,15,17). The van der Waals surface area contributed by atoms with Crippen molar-refractivity contribution in [1.82, 2.24) is 14.9 Å². The first-order chi connectivity index (χ1) is 10.2. The lowest BCUT2D eigenvalue weighted by Crippen LogP contribution is -2.41. The Labute approximate surface area is 126 Å². The predicted molar refractivity (Wildman–Crippen MR) is 80.3 cm³/mol. The molecule has 0 radical (unpaired) electrons. The monoisotopic (exact) mass is 304 g/mol. The molecule has 1 aliphatic rings. The Hall–Kier alpha value is -2.15. The van der Waals surface area contributed by atoms with Gasteiger partial charge < -0.3 is 15.4 Å². The fourth-order valence-electron chi connectivity index (χ4n) is 2.33. The van der Waals surface area contributed by atoms with Crippen LogP contribution in [0.1, 0.15) is 23.3 Å². The van der Waals surface area contributed by atoms with Crippen molar-refractivity contribution in [3.63, 3.8) is 0 Å². The van der Waals surface area contributed by atoms with Crippen molar-refractivity contribution >= 4 is 22.4 Å². The van der Waals surface area contributed by atoms with Crippen molar-refractivity contribution in [2.24, 2.45) is 0 Å². The normalized spacial score (nSPS) is 15.9. The minimum Gasteiger partial charge on any atom is -0.490 e. The first-order valence-electron chi connectivity index (χ1n) is 6.79. The molecule has 1 aliphatic heterocycles. The minimum absolute atomic E-state index is 0.0506. The van der Waals surface area contributed by atoms with Gasteiger partial charge >= 0.3 is 0 Å². The Kier molecular flexibility index (Phi) is 4.01. The van der Waals surface area contributed by atoms with Gasteiger partial charge in [-0.3, -0.25) is 9.78 Å². The maximum Gasteiger partial charge on any atom is 0.273 e. The third-order valence-corrected chi connectivity index (χ3v) is 4.10. The Bertz CT molecular complexity index is 608. The Balaban J connectivity index is 1.54. The molecule has 2 aromatic rings. The molecule has 1 saturated heterocycles. The van der Waals surface area contributed by atoms with Crippen LogP contribution in [0.2, 0.25) is 0 Å². The van der Waals surface area contributed by atoms with Gasteiger partial charge in [0.25, 0.3) is 5.91 Å². The van der Waals surface area contributed by atoms with Gasteiger partial charge in [-0.25, -0.2) is 4.98 Å². The average Bonchev–Trinajstić information content (AvgIpc) is 2.95. The number of thiazole rings is 1. The molecule has 21 heavy (non-hydrogen) atoms. The highest BCUT2D eigenvalue weighted by atomic mass is 32.1. The van der Waals surface area contributed by atoms with Gasteiger partial charge in [-0.2, -0.15) is 0 Å². The summed E-state index contributed by atoms with van der Waals surface area (Å²) in [6, 6.07) is 3.69. The number of nitrogen functional groups attached to an aromatic ring is 1. The van der Waals surface area contributed by atoms with Gasteiger partial charge in [0.15, 0.2) is 5.13 Å². The van der Waals surface area contributed by atoms with Gasteiger partial charge in [-0.1, -0.05) is 0 Å². The zero-order valence-electron chi connectivity index (χ0n) is 11.4. The molecule has 0 atom stereocenters. The number of piperidine rings is 1. The average molecular weight is 304 g/mol. The molecule has 0 spiro atoms. The van der Waals surface area contributed by atoms with E-state index in [0.29, 0.717) is 23.9 Å². The van der Waals surface area contributed by atoms with Crippen molar-refractivity contribution in [3.8, 4) is 5.75 Å². The molecule has 1 fully saturated rings. The summed E-state index contributed by atoms with van der Waals surface area (Å²) in [6.07, 6.45) is 5.18. The molecule has 0 unspecified atom stereocenters. The molecule has 110 valence electrons. The highest BCUT2D eigenvalue weighted by Gasteiger charge is 2.25. The molecular formula is C14H16N4O2S. The SMILES string of the molecule is Nc1nc(C(=O)N2CCC(Oc3ccncc3)CC2)cs1. The van der Waals surface area contributed by atoms with Gasteiger partial charge in [0.1, 0.15) is 17.5 Å². The first-order valence-corrected chi connectivity index (χ1v) is 7.67. The summed E-state index contributed by atoms with van der Waals surface area (Å²) in [5.74, 6) is 0.771. The highest BCUT2D eigenvalue weighted by Crippen LogP contribution is 2.20. The fraction of sp³-hybridized carbons (Fsp3) is 0.357. The number of carbonyl (C=O) groups excluding carboxylic acids is 1. The molecule has 6 nitrogen and oxygen atoms in total. The number of carbonyl (C=O) groups is 1. The number of likely N-dealkylation sites (tertiary alicyclic amines) is 1. The number of nitrogens with two attached hydrogens (primary N) is 1. The van der Waals surface area contributed by atoms with E-state index in [2.05, 4.69) is 9.97 Å². The summed E-state index contributed by atoms with van der Waals surface area (Å²) < 4.78 is 5.88. The molecule has 7 heteroatoms. The van der Waals surface area contributed by atoms with E-state index in [-0.39, 0.29) is 12.0 Å². The number of anilines is 1. The maximum absolute atomic E-state index is 12.2. The Morgan fingerprint density at radius 1 is 1.33 bits per heavy atom. The van der Waals surface area contributed by atoms with E-state index in [4.69, 9.17) is 10.5 Å². The number of aromatic nitrogens is 2. The number of rotatable bonds is 3. The Morgan fingerprint density at radius 3 is 2.67 bits per heavy atom. The van der Waals surface area contributed by atoms with Gasteiger partial charge in [-0.15, -0.1) is 11.3 Å². The molecule has 0 bridgehead atoms. The summed E-state index contributed by atoms with van der Waals surface area (Å²) in [5, 5.41) is 2.13. The van der Waals surface area contributed by atoms with E-state index in [1.165, 1.54) is 11.3 Å². The topological polar surface area (TPSA) is 81.3 Å². The summed E-state index contributed by atoms with van der Waals surface area (Å²) in [7, 11) is 0. The second-order valence-corrected chi connectivity index (χ2v) is 5.75. The fourth-order valence-corrected chi connectivity index (χ4v) is 2.87. The third kappa shape index (κ3) is 3.30. The summed E-state index contributed by atoms with van der Waals surface area (Å²) >= 11 is 1.29. The maximum atomic E-state index is 12.2. The van der Waals surface area contributed by atoms with Crippen LogP contribution in [0.4, 0.5) is 5.13 Å². The predicted octanol–water partition coefficient (Wildman–Crippen LogP) is 1.80. The molecule has 2 N–H and O–H groups in total. The van der Waals surface area contributed by atoms with Crippen molar-refractivity contribution in [3.05, 3.63) is 35.6 Å². The summed E-state index contributed by atoms with van der Waals surface area (Å²) in [6.45, 7) is 1.35. The molecule has 0 aliphatic carbocycles. The zero-order valence-corrected chi connectivity index (χ0v) is 12.3. The molecule has 1 amide bonds. The van der Waals surface area contributed by atoms with E-state index in [1.807, 2.05) is 12.1 Å². The van der Waals surface area contributed by atoms with Gasteiger partial charge in [0.2, 0.25) is 0 Å². The van der Waals surface area contributed by atoms with Gasteiger partial charge in [0, 0.05) is 43.7 Å². The highest BCUT2D eigenvalue weighted by molar-refractivity contribution is 7.13. The third-order valence-electron chi connectivity index (χ3n) is 3.42. The lowest BCUT2D eigenvalue weighted by Gasteiger charge is -2.31. The number of hydrogen-bond acceptors (Lipinski definition) is 6. The van der Waals surface area contributed by atoms with Crippen LogP contribution in [0, 0.1) is 0 Å².